The first-order valence-electron chi connectivity index (χ1n) is 6.36. The minimum Gasteiger partial charge on any atom is -0.466 e. The first-order valence-corrected chi connectivity index (χ1v) is 6.36. The van der Waals surface area contributed by atoms with E-state index in [1.807, 2.05) is 51.9 Å². The monoisotopic (exact) mass is 300 g/mol. The van der Waals surface area contributed by atoms with Crippen LogP contribution in [0.1, 0.15) is 26.2 Å². The predicted molar refractivity (Wildman–Crippen MR) is 72.4 cm³/mol. The zero-order valence-electron chi connectivity index (χ0n) is 11.2. The molecule has 0 atom stereocenters. The Morgan fingerprint density at radius 2 is 1.53 bits per heavy atom. The van der Waals surface area contributed by atoms with Gasteiger partial charge >= 0.3 is 23.0 Å². The Morgan fingerprint density at radius 1 is 1.00 bits per heavy atom. The second-order valence-electron chi connectivity index (χ2n) is 3.91. The molecule has 10 radical (unpaired) electrons. The Labute approximate surface area is 129 Å². The average Bonchev–Trinajstić information content (AvgIpc) is 3.05. The Kier molecular flexibility index (Phi) is 13.0. The molecule has 2 rings (SSSR count). The van der Waals surface area contributed by atoms with Gasteiger partial charge in [-0.25, -0.2) is 0 Å². The van der Waals surface area contributed by atoms with Gasteiger partial charge in [0.15, 0.2) is 0 Å². The van der Waals surface area contributed by atoms with E-state index in [1.54, 1.807) is 0 Å². The summed E-state index contributed by atoms with van der Waals surface area (Å²) >= 11 is 0. The van der Waals surface area contributed by atoms with E-state index in [2.05, 4.69) is 12.8 Å². The minimum absolute atomic E-state index is 0. The van der Waals surface area contributed by atoms with Crippen molar-refractivity contribution in [3.63, 3.8) is 0 Å². The molecule has 2 nitrogen and oxygen atoms in total. The summed E-state index contributed by atoms with van der Waals surface area (Å²) in [5.41, 5.74) is 0. The first kappa shape index (κ1) is 19.0. The molecule has 0 aromatic rings. The fourth-order valence-corrected chi connectivity index (χ4v) is 1.57. The van der Waals surface area contributed by atoms with Gasteiger partial charge in [0.05, 0.1) is 6.61 Å². The zero-order valence-corrected chi connectivity index (χ0v) is 12.3. The van der Waals surface area contributed by atoms with Gasteiger partial charge < -0.3 is 4.74 Å². The van der Waals surface area contributed by atoms with E-state index in [1.165, 1.54) is 5.92 Å². The molecular formula is C16H20FeO2+2. The van der Waals surface area contributed by atoms with E-state index < -0.39 is 0 Å². The molecule has 0 heterocycles. The van der Waals surface area contributed by atoms with Gasteiger partial charge in [0, 0.05) is 6.42 Å². The van der Waals surface area contributed by atoms with E-state index in [9.17, 15) is 4.79 Å². The topological polar surface area (TPSA) is 26.3 Å². The molecule has 2 saturated carbocycles. The summed E-state index contributed by atoms with van der Waals surface area (Å²) in [7, 11) is 0. The number of hydrogen-bond donors (Lipinski definition) is 0. The summed E-state index contributed by atoms with van der Waals surface area (Å²) in [6, 6.07) is 0. The molecule has 0 unspecified atom stereocenters. The largest absolute Gasteiger partial charge is 2.00 e. The fraction of sp³-hybridized carbons (Fsp3) is 0.312. The zero-order chi connectivity index (χ0) is 13.1. The molecule has 2 fully saturated rings. The third-order valence-corrected chi connectivity index (χ3v) is 2.44. The third kappa shape index (κ3) is 10.4. The van der Waals surface area contributed by atoms with Crippen molar-refractivity contribution < 1.29 is 26.6 Å². The number of carbonyl (C=O) groups is 1. The molecule has 0 spiro atoms. The average molecular weight is 300 g/mol. The van der Waals surface area contributed by atoms with Crippen molar-refractivity contribution in [3.05, 3.63) is 63.7 Å². The SMILES string of the molecule is CCOC(=O)CCC[C]1[CH][CH][CH][CH]1.[CH]1[CH][CH][CH][CH]1.[Fe+2]. The molecule has 0 N–H and O–H groups in total. The first-order chi connectivity index (χ1) is 8.83. The van der Waals surface area contributed by atoms with Crippen LogP contribution in [0, 0.1) is 63.7 Å². The molecule has 0 amide bonds. The maximum Gasteiger partial charge on any atom is 2.00 e. The molecule has 19 heavy (non-hydrogen) atoms. The summed E-state index contributed by atoms with van der Waals surface area (Å²) in [5, 5.41) is 0. The number of carbonyl (C=O) groups excluding carboxylic acids is 1. The second-order valence-corrected chi connectivity index (χ2v) is 3.91. The van der Waals surface area contributed by atoms with E-state index in [4.69, 9.17) is 4.74 Å². The summed E-state index contributed by atoms with van der Waals surface area (Å²) < 4.78 is 4.82. The molecule has 0 aromatic heterocycles. The van der Waals surface area contributed by atoms with Crippen molar-refractivity contribution in [1.82, 2.24) is 0 Å². The van der Waals surface area contributed by atoms with Crippen LogP contribution < -0.4 is 0 Å². The molecule has 2 aliphatic carbocycles. The Morgan fingerprint density at radius 3 is 2.00 bits per heavy atom. The molecule has 0 saturated heterocycles. The second kappa shape index (κ2) is 13.0. The van der Waals surface area contributed by atoms with E-state index in [0.717, 1.165) is 12.8 Å². The van der Waals surface area contributed by atoms with E-state index in [-0.39, 0.29) is 23.0 Å². The normalized spacial score (nSPS) is 18.4. The smallest absolute Gasteiger partial charge is 0.466 e. The van der Waals surface area contributed by atoms with Gasteiger partial charge in [0.1, 0.15) is 0 Å². The van der Waals surface area contributed by atoms with Crippen LogP contribution in [0.5, 0.6) is 0 Å². The predicted octanol–water partition coefficient (Wildman–Crippen LogP) is 3.14. The van der Waals surface area contributed by atoms with Gasteiger partial charge in [-0.05, 0) is 83.5 Å². The van der Waals surface area contributed by atoms with Gasteiger partial charge in [0.25, 0.3) is 0 Å². The van der Waals surface area contributed by atoms with Crippen molar-refractivity contribution >= 4 is 5.97 Å². The minimum atomic E-state index is -0.0888. The summed E-state index contributed by atoms with van der Waals surface area (Å²) in [4.78, 5) is 10.9. The van der Waals surface area contributed by atoms with Crippen LogP contribution in [-0.4, -0.2) is 12.6 Å². The third-order valence-electron chi connectivity index (χ3n) is 2.44. The number of rotatable bonds is 5. The summed E-state index contributed by atoms with van der Waals surface area (Å²) in [5.74, 6) is 1.21. The molecule has 0 aliphatic heterocycles. The Hall–Kier alpha value is -0.0105. The molecule has 3 heteroatoms. The number of hydrogen-bond acceptors (Lipinski definition) is 2. The van der Waals surface area contributed by atoms with Crippen molar-refractivity contribution in [2.45, 2.75) is 26.2 Å². The van der Waals surface area contributed by atoms with Gasteiger partial charge in [-0.1, -0.05) is 0 Å². The summed E-state index contributed by atoms with van der Waals surface area (Å²) in [6.45, 7) is 2.31. The van der Waals surface area contributed by atoms with Gasteiger partial charge in [-0.3, -0.25) is 4.79 Å². The van der Waals surface area contributed by atoms with Gasteiger partial charge in [-0.2, -0.15) is 0 Å². The molecule has 102 valence electrons. The van der Waals surface area contributed by atoms with Crippen molar-refractivity contribution in [2.24, 2.45) is 0 Å². The van der Waals surface area contributed by atoms with Crippen LogP contribution in [0.25, 0.3) is 0 Å². The quantitative estimate of drug-likeness (QED) is 0.576. The number of ether oxygens (including phenoxy) is 1. The standard InChI is InChI=1S/C11H15O2.C5H5.Fe/c1-2-13-11(12)9-5-8-10-6-3-4-7-10;1-2-4-5-3-1;/h3-4,6-7H,2,5,8-9H2,1H3;1-5H;/q;;+2. The maximum atomic E-state index is 10.9. The van der Waals surface area contributed by atoms with Crippen molar-refractivity contribution in [2.75, 3.05) is 6.61 Å². The van der Waals surface area contributed by atoms with Crippen LogP contribution in [-0.2, 0) is 26.6 Å². The molecule has 0 aromatic carbocycles. The maximum absolute atomic E-state index is 10.9. The van der Waals surface area contributed by atoms with Crippen LogP contribution in [0.4, 0.5) is 0 Å². The fourth-order valence-electron chi connectivity index (χ4n) is 1.57. The molecular weight excluding hydrogens is 280 g/mol. The number of esters is 1. The Bertz CT molecular complexity index is 201. The van der Waals surface area contributed by atoms with Crippen LogP contribution in [0.3, 0.4) is 0 Å². The van der Waals surface area contributed by atoms with Crippen molar-refractivity contribution in [3.8, 4) is 0 Å². The van der Waals surface area contributed by atoms with E-state index in [0.29, 0.717) is 13.0 Å². The van der Waals surface area contributed by atoms with Crippen LogP contribution in [0.15, 0.2) is 0 Å². The van der Waals surface area contributed by atoms with Gasteiger partial charge in [0.2, 0.25) is 0 Å². The van der Waals surface area contributed by atoms with Crippen molar-refractivity contribution in [1.29, 1.82) is 0 Å². The van der Waals surface area contributed by atoms with E-state index >= 15 is 0 Å². The Balaban J connectivity index is 0.000000454. The molecule has 0 bridgehead atoms. The summed E-state index contributed by atoms with van der Waals surface area (Å²) in [6.07, 6.45) is 20.5. The van der Waals surface area contributed by atoms with Crippen LogP contribution >= 0.6 is 0 Å². The van der Waals surface area contributed by atoms with Gasteiger partial charge in [-0.15, -0.1) is 0 Å². The van der Waals surface area contributed by atoms with Crippen LogP contribution in [0.2, 0.25) is 0 Å². The molecule has 2 aliphatic rings.